The largest absolute Gasteiger partial charge is 0.479 e. The number of aliphatic hydroxyl groups is 1. The molecule has 0 aliphatic heterocycles. The Kier molecular flexibility index (Phi) is 4.67. The summed E-state index contributed by atoms with van der Waals surface area (Å²) in [6.07, 6.45) is -2.13. The van der Waals surface area contributed by atoms with Gasteiger partial charge in [-0.05, 0) is 23.1 Å². The van der Waals surface area contributed by atoms with E-state index in [0.29, 0.717) is 5.69 Å². The minimum Gasteiger partial charge on any atom is -0.479 e. The molecule has 19 heavy (non-hydrogen) atoms. The number of carbonyl (C=O) groups excluding carboxylic acids is 1. The number of hydrogen-bond donors (Lipinski definition) is 3. The van der Waals surface area contributed by atoms with Crippen molar-refractivity contribution in [3.05, 3.63) is 29.8 Å². The molecular weight excluding hydrogens is 246 g/mol. The van der Waals surface area contributed by atoms with Crippen LogP contribution in [0.25, 0.3) is 0 Å². The molecule has 0 aliphatic carbocycles. The lowest BCUT2D eigenvalue weighted by Gasteiger charge is -2.19. The van der Waals surface area contributed by atoms with E-state index in [4.69, 9.17) is 10.2 Å². The number of anilines is 1. The van der Waals surface area contributed by atoms with E-state index in [1.807, 2.05) is 12.1 Å². The van der Waals surface area contributed by atoms with Crippen LogP contribution < -0.4 is 5.32 Å². The summed E-state index contributed by atoms with van der Waals surface area (Å²) in [5.74, 6) is -1.93. The van der Waals surface area contributed by atoms with Crippen LogP contribution in [0.4, 0.5) is 5.69 Å². The van der Waals surface area contributed by atoms with Gasteiger partial charge in [0, 0.05) is 5.69 Å². The molecule has 1 atom stereocenters. The summed E-state index contributed by atoms with van der Waals surface area (Å²) in [6.45, 7) is 6.26. The highest BCUT2D eigenvalue weighted by Crippen LogP contribution is 2.23. The van der Waals surface area contributed by atoms with Crippen LogP contribution in [0.5, 0.6) is 0 Å². The average Bonchev–Trinajstić information content (AvgIpc) is 2.28. The molecule has 0 heterocycles. The fourth-order valence-corrected chi connectivity index (χ4v) is 1.53. The first-order valence-electron chi connectivity index (χ1n) is 6.01. The number of nitrogens with one attached hydrogen (secondary N) is 1. The van der Waals surface area contributed by atoms with Crippen molar-refractivity contribution in [3.63, 3.8) is 0 Å². The molecule has 104 valence electrons. The molecule has 1 aromatic carbocycles. The zero-order chi connectivity index (χ0) is 14.6. The predicted octanol–water partition coefficient (Wildman–Crippen LogP) is 1.76. The van der Waals surface area contributed by atoms with Gasteiger partial charge in [-0.15, -0.1) is 0 Å². The van der Waals surface area contributed by atoms with Gasteiger partial charge >= 0.3 is 5.97 Å². The van der Waals surface area contributed by atoms with Gasteiger partial charge in [0.15, 0.2) is 6.10 Å². The van der Waals surface area contributed by atoms with E-state index < -0.39 is 24.4 Å². The highest BCUT2D eigenvalue weighted by Gasteiger charge is 2.18. The molecule has 5 heteroatoms. The van der Waals surface area contributed by atoms with E-state index in [2.05, 4.69) is 26.1 Å². The van der Waals surface area contributed by atoms with Crippen LogP contribution >= 0.6 is 0 Å². The fourth-order valence-electron chi connectivity index (χ4n) is 1.53. The Labute approximate surface area is 112 Å². The number of aliphatic hydroxyl groups excluding tert-OH is 1. The lowest BCUT2D eigenvalue weighted by atomic mass is 9.87. The molecular formula is C14H19NO4. The molecule has 0 saturated heterocycles. The van der Waals surface area contributed by atoms with Gasteiger partial charge in [0.25, 0.3) is 0 Å². The minimum absolute atomic E-state index is 0.0298. The van der Waals surface area contributed by atoms with Crippen LogP contribution in [0, 0.1) is 0 Å². The first-order chi connectivity index (χ1) is 8.70. The first-order valence-corrected chi connectivity index (χ1v) is 6.01. The number of carboxylic acids is 1. The summed E-state index contributed by atoms with van der Waals surface area (Å²) in [5, 5.41) is 20.1. The molecule has 0 spiro atoms. The second-order valence-electron chi connectivity index (χ2n) is 5.43. The Hall–Kier alpha value is -1.88. The summed E-state index contributed by atoms with van der Waals surface area (Å²) >= 11 is 0. The van der Waals surface area contributed by atoms with Crippen LogP contribution in [-0.2, 0) is 15.0 Å². The molecule has 0 aliphatic rings. The Morgan fingerprint density at radius 1 is 1.21 bits per heavy atom. The van der Waals surface area contributed by atoms with Gasteiger partial charge in [-0.1, -0.05) is 32.9 Å². The molecule has 0 aromatic heterocycles. The number of carbonyl (C=O) groups is 2. The van der Waals surface area contributed by atoms with Gasteiger partial charge < -0.3 is 15.5 Å². The van der Waals surface area contributed by atoms with Gasteiger partial charge in [-0.2, -0.15) is 0 Å². The van der Waals surface area contributed by atoms with Crippen LogP contribution in [0.3, 0.4) is 0 Å². The Morgan fingerprint density at radius 3 is 2.16 bits per heavy atom. The summed E-state index contributed by atoms with van der Waals surface area (Å²) < 4.78 is 0. The normalized spacial score (nSPS) is 12.8. The Morgan fingerprint density at radius 2 is 1.74 bits per heavy atom. The minimum atomic E-state index is -1.67. The SMILES string of the molecule is CC(C)(C)c1ccc(NC(=O)CC(O)C(=O)O)cc1. The molecule has 0 radical (unpaired) electrons. The number of aliphatic carboxylic acids is 1. The maximum absolute atomic E-state index is 11.5. The highest BCUT2D eigenvalue weighted by molar-refractivity contribution is 5.93. The van der Waals surface area contributed by atoms with E-state index in [-0.39, 0.29) is 5.41 Å². The summed E-state index contributed by atoms with van der Waals surface area (Å²) in [7, 11) is 0. The van der Waals surface area contributed by atoms with Crippen molar-refractivity contribution >= 4 is 17.6 Å². The molecule has 0 fully saturated rings. The molecule has 3 N–H and O–H groups in total. The van der Waals surface area contributed by atoms with Crippen LogP contribution in [0.2, 0.25) is 0 Å². The number of carboxylic acid groups (broad SMARTS) is 1. The molecule has 1 unspecified atom stereocenters. The quantitative estimate of drug-likeness (QED) is 0.774. The first kappa shape index (κ1) is 15.2. The number of benzene rings is 1. The van der Waals surface area contributed by atoms with E-state index in [0.717, 1.165) is 5.56 Å². The Balaban J connectivity index is 2.63. The van der Waals surface area contributed by atoms with Crippen LogP contribution in [0.15, 0.2) is 24.3 Å². The summed E-state index contributed by atoms with van der Waals surface area (Å²) in [5.41, 5.74) is 1.74. The third kappa shape index (κ3) is 4.71. The predicted molar refractivity (Wildman–Crippen MR) is 72.0 cm³/mol. The average molecular weight is 265 g/mol. The maximum Gasteiger partial charge on any atom is 0.333 e. The molecule has 1 rings (SSSR count). The lowest BCUT2D eigenvalue weighted by Crippen LogP contribution is -2.26. The number of hydrogen-bond acceptors (Lipinski definition) is 3. The zero-order valence-electron chi connectivity index (χ0n) is 11.3. The second kappa shape index (κ2) is 5.84. The third-order valence-electron chi connectivity index (χ3n) is 2.70. The van der Waals surface area contributed by atoms with Gasteiger partial charge in [0.05, 0.1) is 6.42 Å². The monoisotopic (exact) mass is 265 g/mol. The van der Waals surface area contributed by atoms with Crippen molar-refractivity contribution in [2.45, 2.75) is 38.7 Å². The fraction of sp³-hybridized carbons (Fsp3) is 0.429. The molecule has 0 saturated carbocycles. The van der Waals surface area contributed by atoms with Gasteiger partial charge in [0.2, 0.25) is 5.91 Å². The van der Waals surface area contributed by atoms with Gasteiger partial charge in [0.1, 0.15) is 0 Å². The Bertz CT molecular complexity index is 459. The zero-order valence-corrected chi connectivity index (χ0v) is 11.3. The van der Waals surface area contributed by atoms with Crippen molar-refractivity contribution in [2.75, 3.05) is 5.32 Å². The standard InChI is InChI=1S/C14H19NO4/c1-14(2,3)9-4-6-10(7-5-9)15-12(17)8-11(16)13(18)19/h4-7,11,16H,8H2,1-3H3,(H,15,17)(H,18,19). The maximum atomic E-state index is 11.5. The van der Waals surface area contributed by atoms with Crippen molar-refractivity contribution in [3.8, 4) is 0 Å². The molecule has 1 amide bonds. The topological polar surface area (TPSA) is 86.6 Å². The summed E-state index contributed by atoms with van der Waals surface area (Å²) in [6, 6.07) is 7.32. The summed E-state index contributed by atoms with van der Waals surface area (Å²) in [4.78, 5) is 21.9. The number of amides is 1. The van der Waals surface area contributed by atoms with Crippen molar-refractivity contribution in [1.29, 1.82) is 0 Å². The molecule has 0 bridgehead atoms. The third-order valence-corrected chi connectivity index (χ3v) is 2.70. The number of rotatable bonds is 4. The lowest BCUT2D eigenvalue weighted by molar-refractivity contribution is -0.148. The van der Waals surface area contributed by atoms with Gasteiger partial charge in [-0.3, -0.25) is 4.79 Å². The molecule has 5 nitrogen and oxygen atoms in total. The van der Waals surface area contributed by atoms with Gasteiger partial charge in [-0.25, -0.2) is 4.79 Å². The van der Waals surface area contributed by atoms with Crippen LogP contribution in [-0.4, -0.2) is 28.2 Å². The van der Waals surface area contributed by atoms with Crippen molar-refractivity contribution in [2.24, 2.45) is 0 Å². The van der Waals surface area contributed by atoms with Crippen molar-refractivity contribution < 1.29 is 19.8 Å². The molecule has 1 aromatic rings. The van der Waals surface area contributed by atoms with Crippen molar-refractivity contribution in [1.82, 2.24) is 0 Å². The van der Waals surface area contributed by atoms with E-state index in [1.54, 1.807) is 12.1 Å². The second-order valence-corrected chi connectivity index (χ2v) is 5.43. The van der Waals surface area contributed by atoms with E-state index >= 15 is 0 Å². The highest BCUT2D eigenvalue weighted by atomic mass is 16.4. The van der Waals surface area contributed by atoms with Crippen LogP contribution in [0.1, 0.15) is 32.8 Å². The smallest absolute Gasteiger partial charge is 0.333 e. The van der Waals surface area contributed by atoms with E-state index in [9.17, 15) is 9.59 Å². The van der Waals surface area contributed by atoms with E-state index in [1.165, 1.54) is 0 Å².